The van der Waals surface area contributed by atoms with Gasteiger partial charge in [0.1, 0.15) is 5.82 Å². The molecule has 2 heterocycles. The summed E-state index contributed by atoms with van der Waals surface area (Å²) in [4.78, 5) is 4.27. The van der Waals surface area contributed by atoms with E-state index >= 15 is 0 Å². The largest absolute Gasteiger partial charge is 0.396 e. The van der Waals surface area contributed by atoms with Crippen LogP contribution in [0.5, 0.6) is 0 Å². The van der Waals surface area contributed by atoms with Crippen LogP contribution in [0.1, 0.15) is 12.2 Å². The van der Waals surface area contributed by atoms with Gasteiger partial charge in [-0.25, -0.2) is 4.98 Å². The van der Waals surface area contributed by atoms with Gasteiger partial charge in [0.25, 0.3) is 0 Å². The van der Waals surface area contributed by atoms with Gasteiger partial charge in [0, 0.05) is 24.2 Å². The molecule has 2 rings (SSSR count). The van der Waals surface area contributed by atoms with E-state index in [1.807, 2.05) is 22.7 Å². The van der Waals surface area contributed by atoms with E-state index in [4.69, 9.17) is 16.7 Å². The van der Waals surface area contributed by atoms with Gasteiger partial charge < -0.3 is 9.51 Å². The summed E-state index contributed by atoms with van der Waals surface area (Å²) in [7, 11) is 0. The summed E-state index contributed by atoms with van der Waals surface area (Å²) in [5.74, 6) is 0.964. The van der Waals surface area contributed by atoms with Gasteiger partial charge in [0.05, 0.1) is 11.7 Å². The monoisotopic (exact) mass is 210 g/mol. The molecule has 0 aliphatic carbocycles. The molecule has 4 heteroatoms. The first-order chi connectivity index (χ1) is 6.81. The van der Waals surface area contributed by atoms with Crippen LogP contribution in [0.15, 0.2) is 24.5 Å². The predicted molar refractivity (Wildman–Crippen MR) is 55.6 cm³/mol. The summed E-state index contributed by atoms with van der Waals surface area (Å²) in [6, 6.07) is 3.70. The molecule has 0 fully saturated rings. The van der Waals surface area contributed by atoms with Crippen molar-refractivity contribution in [2.24, 2.45) is 0 Å². The highest BCUT2D eigenvalue weighted by atomic mass is 35.5. The molecule has 0 amide bonds. The Morgan fingerprint density at radius 2 is 2.36 bits per heavy atom. The molecule has 0 saturated heterocycles. The van der Waals surface area contributed by atoms with Crippen molar-refractivity contribution >= 4 is 17.1 Å². The number of rotatable bonds is 3. The van der Waals surface area contributed by atoms with Crippen LogP contribution in [0.3, 0.4) is 0 Å². The molecule has 0 radical (unpaired) electrons. The van der Waals surface area contributed by atoms with E-state index in [1.165, 1.54) is 0 Å². The van der Waals surface area contributed by atoms with E-state index in [0.717, 1.165) is 24.2 Å². The molecular weight excluding hydrogens is 200 g/mol. The van der Waals surface area contributed by atoms with Gasteiger partial charge in [0.15, 0.2) is 0 Å². The van der Waals surface area contributed by atoms with Crippen LogP contribution in [-0.4, -0.2) is 21.1 Å². The summed E-state index contributed by atoms with van der Waals surface area (Å²) >= 11 is 5.85. The van der Waals surface area contributed by atoms with Crippen molar-refractivity contribution in [1.82, 2.24) is 9.38 Å². The molecule has 0 bridgehead atoms. The Morgan fingerprint density at radius 1 is 1.50 bits per heavy atom. The fourth-order valence-corrected chi connectivity index (χ4v) is 1.62. The quantitative estimate of drug-likeness (QED) is 0.841. The molecule has 14 heavy (non-hydrogen) atoms. The second kappa shape index (κ2) is 3.98. The maximum Gasteiger partial charge on any atom is 0.113 e. The van der Waals surface area contributed by atoms with Crippen molar-refractivity contribution in [2.45, 2.75) is 12.8 Å². The number of hydrogen-bond acceptors (Lipinski definition) is 2. The Morgan fingerprint density at radius 3 is 3.14 bits per heavy atom. The molecule has 74 valence electrons. The normalized spacial score (nSPS) is 11.0. The molecule has 0 spiro atoms. The number of aromatic nitrogens is 2. The van der Waals surface area contributed by atoms with E-state index < -0.39 is 0 Å². The topological polar surface area (TPSA) is 37.5 Å². The van der Waals surface area contributed by atoms with Gasteiger partial charge in [-0.15, -0.1) is 0 Å². The van der Waals surface area contributed by atoms with Crippen molar-refractivity contribution in [3.63, 3.8) is 0 Å². The minimum atomic E-state index is 0.197. The summed E-state index contributed by atoms with van der Waals surface area (Å²) in [6.07, 6.45) is 5.21. The van der Waals surface area contributed by atoms with Crippen LogP contribution in [0.25, 0.3) is 5.52 Å². The number of halogens is 1. The first-order valence-electron chi connectivity index (χ1n) is 4.53. The summed E-state index contributed by atoms with van der Waals surface area (Å²) in [6.45, 7) is 0.197. The lowest BCUT2D eigenvalue weighted by Gasteiger charge is -1.99. The predicted octanol–water partition coefficient (Wildman–Crippen LogP) is 1.91. The van der Waals surface area contributed by atoms with Gasteiger partial charge in [-0.2, -0.15) is 0 Å². The van der Waals surface area contributed by atoms with E-state index in [0.29, 0.717) is 5.02 Å². The van der Waals surface area contributed by atoms with Crippen molar-refractivity contribution < 1.29 is 5.11 Å². The van der Waals surface area contributed by atoms with Crippen molar-refractivity contribution in [3.8, 4) is 0 Å². The standard InChI is InChI=1S/C10H11ClN2O/c11-8-3-4-13-9(6-8)7-12-10(13)2-1-5-14/h3-4,6-7,14H,1-2,5H2. The Kier molecular flexibility index (Phi) is 2.70. The molecule has 2 aromatic heterocycles. The molecular formula is C10H11ClN2O. The Balaban J connectivity index is 2.37. The summed E-state index contributed by atoms with van der Waals surface area (Å²) in [5.41, 5.74) is 0.991. The number of imidazole rings is 1. The number of fused-ring (bicyclic) bond motifs is 1. The number of aliphatic hydroxyl groups excluding tert-OH is 1. The third-order valence-corrected chi connectivity index (χ3v) is 2.36. The Hall–Kier alpha value is -1.06. The van der Waals surface area contributed by atoms with Gasteiger partial charge in [0.2, 0.25) is 0 Å². The third kappa shape index (κ3) is 1.74. The molecule has 0 unspecified atom stereocenters. The molecule has 3 nitrogen and oxygen atoms in total. The molecule has 0 aromatic carbocycles. The summed E-state index contributed by atoms with van der Waals surface area (Å²) < 4.78 is 1.99. The zero-order valence-corrected chi connectivity index (χ0v) is 8.41. The Bertz CT molecular complexity index is 439. The maximum atomic E-state index is 8.72. The summed E-state index contributed by atoms with van der Waals surface area (Å²) in [5, 5.41) is 9.44. The van der Waals surface area contributed by atoms with Gasteiger partial charge in [-0.05, 0) is 18.6 Å². The molecule has 1 N–H and O–H groups in total. The Labute approximate surface area is 87.0 Å². The number of aliphatic hydroxyl groups is 1. The lowest BCUT2D eigenvalue weighted by atomic mass is 10.3. The van der Waals surface area contributed by atoms with Gasteiger partial charge in [-0.3, -0.25) is 0 Å². The second-order valence-corrected chi connectivity index (χ2v) is 3.58. The van der Waals surface area contributed by atoms with E-state index in [2.05, 4.69) is 4.98 Å². The average Bonchev–Trinajstić information content (AvgIpc) is 2.57. The number of pyridine rings is 1. The van der Waals surface area contributed by atoms with Crippen LogP contribution in [-0.2, 0) is 6.42 Å². The molecule has 0 aliphatic heterocycles. The maximum absolute atomic E-state index is 8.72. The highest BCUT2D eigenvalue weighted by molar-refractivity contribution is 6.30. The van der Waals surface area contributed by atoms with Crippen LogP contribution < -0.4 is 0 Å². The first-order valence-corrected chi connectivity index (χ1v) is 4.91. The van der Waals surface area contributed by atoms with Gasteiger partial charge in [-0.1, -0.05) is 11.6 Å². The van der Waals surface area contributed by atoms with Crippen molar-refractivity contribution in [2.75, 3.05) is 6.61 Å². The fourth-order valence-electron chi connectivity index (χ4n) is 1.45. The van der Waals surface area contributed by atoms with E-state index in [9.17, 15) is 0 Å². The number of aryl methyl sites for hydroxylation is 1. The second-order valence-electron chi connectivity index (χ2n) is 3.14. The smallest absolute Gasteiger partial charge is 0.113 e. The number of nitrogens with zero attached hydrogens (tertiary/aromatic N) is 2. The van der Waals surface area contributed by atoms with E-state index in [-0.39, 0.29) is 6.61 Å². The van der Waals surface area contributed by atoms with Crippen molar-refractivity contribution in [3.05, 3.63) is 35.4 Å². The first kappa shape index (κ1) is 9.49. The molecule has 2 aromatic rings. The average molecular weight is 211 g/mol. The van der Waals surface area contributed by atoms with Crippen LogP contribution in [0.2, 0.25) is 5.02 Å². The highest BCUT2D eigenvalue weighted by Crippen LogP contribution is 2.14. The van der Waals surface area contributed by atoms with E-state index in [1.54, 1.807) is 6.20 Å². The zero-order chi connectivity index (χ0) is 9.97. The molecule has 0 atom stereocenters. The molecule has 0 aliphatic rings. The third-order valence-electron chi connectivity index (χ3n) is 2.13. The minimum Gasteiger partial charge on any atom is -0.396 e. The molecule has 0 saturated carbocycles. The minimum absolute atomic E-state index is 0.197. The lowest BCUT2D eigenvalue weighted by Crippen LogP contribution is -1.96. The SMILES string of the molecule is OCCCc1ncc2cc(Cl)ccn12. The van der Waals surface area contributed by atoms with Crippen LogP contribution in [0.4, 0.5) is 0 Å². The number of hydrogen-bond donors (Lipinski definition) is 1. The van der Waals surface area contributed by atoms with Crippen LogP contribution in [0, 0.1) is 0 Å². The fraction of sp³-hybridized carbons (Fsp3) is 0.300. The van der Waals surface area contributed by atoms with Crippen molar-refractivity contribution in [1.29, 1.82) is 0 Å². The highest BCUT2D eigenvalue weighted by Gasteiger charge is 2.02. The van der Waals surface area contributed by atoms with Crippen LogP contribution >= 0.6 is 11.6 Å². The lowest BCUT2D eigenvalue weighted by molar-refractivity contribution is 0.287. The zero-order valence-electron chi connectivity index (χ0n) is 7.65. The van der Waals surface area contributed by atoms with Gasteiger partial charge >= 0.3 is 0 Å².